The van der Waals surface area contributed by atoms with E-state index in [1.807, 2.05) is 30.3 Å². The van der Waals surface area contributed by atoms with E-state index in [-0.39, 0.29) is 12.1 Å². The molecule has 1 fully saturated rings. The van der Waals surface area contributed by atoms with Crippen molar-refractivity contribution in [2.24, 2.45) is 0 Å². The van der Waals surface area contributed by atoms with Crippen LogP contribution in [0.1, 0.15) is 31.2 Å². The minimum Gasteiger partial charge on any atom is -0.486 e. The molecule has 0 amide bonds. The number of nitrogens with one attached hydrogen (secondary N) is 1. The van der Waals surface area contributed by atoms with Crippen molar-refractivity contribution >= 4 is 11.6 Å². The lowest BCUT2D eigenvalue weighted by atomic mass is 9.89. The fraction of sp³-hybridized carbons (Fsp3) is 0.429. The van der Waals surface area contributed by atoms with Crippen LogP contribution >= 0.6 is 11.6 Å². The molecule has 0 bridgehead atoms. The molecule has 3 atom stereocenters. The van der Waals surface area contributed by atoms with E-state index in [0.29, 0.717) is 10.8 Å². The van der Waals surface area contributed by atoms with Gasteiger partial charge in [-0.2, -0.15) is 0 Å². The predicted molar refractivity (Wildman–Crippen MR) is 102 cm³/mol. The molecule has 2 aromatic carbocycles. The molecule has 2 N–H and O–H groups in total. The number of aryl methyl sites for hydroxylation is 1. The van der Waals surface area contributed by atoms with Gasteiger partial charge in [0.2, 0.25) is 0 Å². The number of hydrogen-bond donors (Lipinski definition) is 2. The zero-order valence-corrected chi connectivity index (χ0v) is 15.2. The third-order valence-corrected chi connectivity index (χ3v) is 5.12. The van der Waals surface area contributed by atoms with Gasteiger partial charge in [-0.3, -0.25) is 0 Å². The molecule has 0 aromatic heterocycles. The number of hydrogen-bond acceptors (Lipinski definition) is 3. The molecule has 1 aliphatic rings. The molecule has 0 aliphatic heterocycles. The number of para-hydroxylation sites is 1. The highest BCUT2D eigenvalue weighted by Gasteiger charge is 2.33. The van der Waals surface area contributed by atoms with Crippen molar-refractivity contribution in [3.05, 3.63) is 65.2 Å². The van der Waals surface area contributed by atoms with Crippen LogP contribution in [0.25, 0.3) is 0 Å². The average molecular weight is 360 g/mol. The molecule has 0 saturated heterocycles. The van der Waals surface area contributed by atoms with Crippen LogP contribution in [0, 0.1) is 0 Å². The summed E-state index contributed by atoms with van der Waals surface area (Å²) in [6.07, 6.45) is 4.27. The normalized spacial score (nSPS) is 23.4. The van der Waals surface area contributed by atoms with Gasteiger partial charge in [0.05, 0.1) is 5.02 Å². The van der Waals surface area contributed by atoms with Gasteiger partial charge in [-0.1, -0.05) is 54.1 Å². The van der Waals surface area contributed by atoms with Crippen molar-refractivity contribution in [1.29, 1.82) is 0 Å². The van der Waals surface area contributed by atoms with Gasteiger partial charge in [-0.15, -0.1) is 0 Å². The van der Waals surface area contributed by atoms with Crippen LogP contribution in [-0.4, -0.2) is 29.9 Å². The Labute approximate surface area is 155 Å². The van der Waals surface area contributed by atoms with Crippen LogP contribution in [0.3, 0.4) is 0 Å². The van der Waals surface area contributed by atoms with Crippen molar-refractivity contribution in [1.82, 2.24) is 5.32 Å². The van der Waals surface area contributed by atoms with Gasteiger partial charge in [-0.25, -0.2) is 0 Å². The molecule has 4 heteroatoms. The Balaban J connectivity index is 1.46. The monoisotopic (exact) mass is 359 g/mol. The highest BCUT2D eigenvalue weighted by Crippen LogP contribution is 2.29. The molecule has 0 spiro atoms. The van der Waals surface area contributed by atoms with Crippen molar-refractivity contribution in [3.63, 3.8) is 0 Å². The lowest BCUT2D eigenvalue weighted by Gasteiger charge is -2.35. The van der Waals surface area contributed by atoms with E-state index in [0.717, 1.165) is 38.6 Å². The first-order valence-electron chi connectivity index (χ1n) is 9.10. The second kappa shape index (κ2) is 9.23. The first kappa shape index (κ1) is 18.2. The molecule has 25 heavy (non-hydrogen) atoms. The summed E-state index contributed by atoms with van der Waals surface area (Å²) >= 11 is 6.17. The number of benzene rings is 2. The van der Waals surface area contributed by atoms with Crippen molar-refractivity contribution in [2.75, 3.05) is 6.54 Å². The first-order chi connectivity index (χ1) is 12.2. The smallest absolute Gasteiger partial charge is 0.138 e. The molecule has 2 aromatic rings. The molecule has 0 radical (unpaired) electrons. The zero-order chi connectivity index (χ0) is 17.5. The Hall–Kier alpha value is -1.55. The summed E-state index contributed by atoms with van der Waals surface area (Å²) in [4.78, 5) is 0. The van der Waals surface area contributed by atoms with Gasteiger partial charge < -0.3 is 15.2 Å². The third-order valence-electron chi connectivity index (χ3n) is 4.80. The van der Waals surface area contributed by atoms with Gasteiger partial charge in [0, 0.05) is 6.04 Å². The summed E-state index contributed by atoms with van der Waals surface area (Å²) in [5.41, 5.74) is 1.36. The summed E-state index contributed by atoms with van der Waals surface area (Å²) in [5.74, 6) is 0.651. The van der Waals surface area contributed by atoms with E-state index in [1.165, 1.54) is 5.56 Å². The van der Waals surface area contributed by atoms with Crippen LogP contribution in [0.2, 0.25) is 5.02 Å². The van der Waals surface area contributed by atoms with Crippen LogP contribution in [-0.2, 0) is 6.42 Å². The highest BCUT2D eigenvalue weighted by atomic mass is 35.5. The van der Waals surface area contributed by atoms with Gasteiger partial charge in [-0.05, 0) is 56.3 Å². The molecule has 1 saturated carbocycles. The summed E-state index contributed by atoms with van der Waals surface area (Å²) in [5, 5.41) is 14.8. The van der Waals surface area contributed by atoms with Gasteiger partial charge >= 0.3 is 0 Å². The van der Waals surface area contributed by atoms with E-state index < -0.39 is 6.10 Å². The molecular formula is C21H26ClNO2. The number of rotatable bonds is 7. The second-order valence-corrected chi connectivity index (χ2v) is 7.07. The van der Waals surface area contributed by atoms with Crippen molar-refractivity contribution in [2.45, 2.75) is 50.4 Å². The van der Waals surface area contributed by atoms with E-state index in [4.69, 9.17) is 16.3 Å². The SMILES string of the molecule is O[C@@H]1[C@@H](NCCCc2ccccc2)CCC[C@H]1Oc1ccccc1Cl. The Kier molecular flexibility index (Phi) is 6.74. The first-order valence-corrected chi connectivity index (χ1v) is 9.48. The number of aliphatic hydroxyl groups is 1. The number of ether oxygens (including phenoxy) is 1. The molecule has 1 aliphatic carbocycles. The Morgan fingerprint density at radius 2 is 1.80 bits per heavy atom. The van der Waals surface area contributed by atoms with E-state index in [2.05, 4.69) is 29.6 Å². The van der Waals surface area contributed by atoms with Crippen LogP contribution in [0.4, 0.5) is 0 Å². The van der Waals surface area contributed by atoms with E-state index in [9.17, 15) is 5.11 Å². The zero-order valence-electron chi connectivity index (χ0n) is 14.4. The van der Waals surface area contributed by atoms with Crippen LogP contribution in [0.5, 0.6) is 5.75 Å². The number of halogens is 1. The van der Waals surface area contributed by atoms with Crippen LogP contribution < -0.4 is 10.1 Å². The Bertz CT molecular complexity index is 649. The molecule has 3 nitrogen and oxygen atoms in total. The summed E-state index contributed by atoms with van der Waals surface area (Å²) in [6.45, 7) is 0.898. The summed E-state index contributed by atoms with van der Waals surface area (Å²) in [6, 6.07) is 18.0. The van der Waals surface area contributed by atoms with E-state index >= 15 is 0 Å². The molecule has 3 rings (SSSR count). The highest BCUT2D eigenvalue weighted by molar-refractivity contribution is 6.32. The maximum atomic E-state index is 10.7. The fourth-order valence-electron chi connectivity index (χ4n) is 3.42. The quantitative estimate of drug-likeness (QED) is 0.727. The van der Waals surface area contributed by atoms with Crippen molar-refractivity contribution in [3.8, 4) is 5.75 Å². The van der Waals surface area contributed by atoms with Gasteiger partial charge in [0.15, 0.2) is 0 Å². The Morgan fingerprint density at radius 1 is 1.04 bits per heavy atom. The van der Waals surface area contributed by atoms with Crippen molar-refractivity contribution < 1.29 is 9.84 Å². The molecule has 134 valence electrons. The summed E-state index contributed by atoms with van der Waals surface area (Å²) in [7, 11) is 0. The molecule has 0 heterocycles. The predicted octanol–water partition coefficient (Wildman–Crippen LogP) is 4.22. The number of aliphatic hydroxyl groups excluding tert-OH is 1. The minimum atomic E-state index is -0.512. The van der Waals surface area contributed by atoms with Gasteiger partial charge in [0.25, 0.3) is 0 Å². The van der Waals surface area contributed by atoms with Crippen LogP contribution in [0.15, 0.2) is 54.6 Å². The van der Waals surface area contributed by atoms with Gasteiger partial charge in [0.1, 0.15) is 18.0 Å². The lowest BCUT2D eigenvalue weighted by molar-refractivity contribution is -0.0152. The average Bonchev–Trinajstić information content (AvgIpc) is 2.64. The standard InChI is InChI=1S/C21H26ClNO2/c22-17-11-4-5-13-19(17)25-20-14-6-12-18(21(20)24)23-15-7-10-16-8-2-1-3-9-16/h1-5,8-9,11,13,18,20-21,23-24H,6-7,10,12,14-15H2/t18-,20+,21+/m0/s1. The molecular weight excluding hydrogens is 334 g/mol. The Morgan fingerprint density at radius 3 is 2.60 bits per heavy atom. The third kappa shape index (κ3) is 5.21. The largest absolute Gasteiger partial charge is 0.486 e. The van der Waals surface area contributed by atoms with E-state index in [1.54, 1.807) is 0 Å². The topological polar surface area (TPSA) is 41.5 Å². The second-order valence-electron chi connectivity index (χ2n) is 6.66. The maximum absolute atomic E-state index is 10.7. The lowest BCUT2D eigenvalue weighted by Crippen LogP contribution is -2.51. The maximum Gasteiger partial charge on any atom is 0.138 e. The minimum absolute atomic E-state index is 0.0806. The molecule has 0 unspecified atom stereocenters. The fourth-order valence-corrected chi connectivity index (χ4v) is 3.60. The summed E-state index contributed by atoms with van der Waals surface area (Å²) < 4.78 is 5.98.